The number of phenolic OH excluding ortho intramolecular Hbond substituents is 1. The van der Waals surface area contributed by atoms with Gasteiger partial charge in [-0.3, -0.25) is 9.52 Å². The third-order valence-electron chi connectivity index (χ3n) is 2.41. The zero-order valence-corrected chi connectivity index (χ0v) is 12.7. The number of hydrogen-bond acceptors (Lipinski definition) is 7. The molecule has 0 aliphatic rings. The van der Waals surface area contributed by atoms with E-state index < -0.39 is 10.0 Å². The number of carbonyl (C=O) groups excluding carboxylic acids is 1. The lowest BCUT2D eigenvalue weighted by Gasteiger charge is -2.09. The largest absolute Gasteiger partial charge is 0.506 e. The van der Waals surface area contributed by atoms with E-state index in [9.17, 15) is 18.3 Å². The molecule has 2 aromatic rings. The molecule has 0 spiro atoms. The number of para-hydroxylation sites is 1. The second-order valence-electron chi connectivity index (χ2n) is 4.13. The van der Waals surface area contributed by atoms with Crippen LogP contribution in [-0.2, 0) is 14.8 Å². The average Bonchev–Trinajstić information content (AvgIpc) is 2.82. The highest BCUT2D eigenvalue weighted by Crippen LogP contribution is 2.30. The lowest BCUT2D eigenvalue weighted by molar-refractivity contribution is -0.114. The highest BCUT2D eigenvalue weighted by molar-refractivity contribution is 7.94. The van der Waals surface area contributed by atoms with Crippen LogP contribution in [0.4, 0.5) is 10.8 Å². The molecular formula is C11H12N4O4S2. The Morgan fingerprint density at radius 2 is 2.05 bits per heavy atom. The van der Waals surface area contributed by atoms with Gasteiger partial charge in [0, 0.05) is 6.92 Å². The van der Waals surface area contributed by atoms with E-state index in [1.165, 1.54) is 13.0 Å². The van der Waals surface area contributed by atoms with E-state index in [1.807, 2.05) is 0 Å². The molecule has 0 atom stereocenters. The highest BCUT2D eigenvalue weighted by atomic mass is 32.2. The van der Waals surface area contributed by atoms with E-state index >= 15 is 0 Å². The third-order valence-corrected chi connectivity index (χ3v) is 4.96. The lowest BCUT2D eigenvalue weighted by Crippen LogP contribution is -2.13. The standard InChI is InChI=1S/C11H12N4O4S2/c1-6-4-3-5-8(17)9(6)15-21(18,19)11-14-13-10(20-11)12-7(2)16/h3-5,15,17H,1-2H3,(H,12,13,16). The molecular weight excluding hydrogens is 316 g/mol. The van der Waals surface area contributed by atoms with Crippen LogP contribution in [0, 0.1) is 6.92 Å². The summed E-state index contributed by atoms with van der Waals surface area (Å²) in [6.07, 6.45) is 0. The molecule has 0 saturated carbocycles. The number of phenols is 1. The third kappa shape index (κ3) is 3.47. The highest BCUT2D eigenvalue weighted by Gasteiger charge is 2.22. The van der Waals surface area contributed by atoms with Gasteiger partial charge in [-0.25, -0.2) is 0 Å². The van der Waals surface area contributed by atoms with Gasteiger partial charge in [0.25, 0.3) is 14.4 Å². The summed E-state index contributed by atoms with van der Waals surface area (Å²) < 4.78 is 26.3. The molecule has 112 valence electrons. The Hall–Kier alpha value is -2.20. The van der Waals surface area contributed by atoms with Crippen LogP contribution in [0.1, 0.15) is 12.5 Å². The van der Waals surface area contributed by atoms with Crippen LogP contribution in [0.5, 0.6) is 5.75 Å². The van der Waals surface area contributed by atoms with Crippen molar-refractivity contribution in [3.63, 3.8) is 0 Å². The van der Waals surface area contributed by atoms with E-state index in [0.29, 0.717) is 16.9 Å². The monoisotopic (exact) mass is 328 g/mol. The number of nitrogens with zero attached hydrogens (tertiary/aromatic N) is 2. The summed E-state index contributed by atoms with van der Waals surface area (Å²) in [5.41, 5.74) is 0.638. The molecule has 3 N–H and O–H groups in total. The lowest BCUT2D eigenvalue weighted by atomic mass is 10.2. The van der Waals surface area contributed by atoms with E-state index in [4.69, 9.17) is 0 Å². The van der Waals surface area contributed by atoms with Gasteiger partial charge in [0.15, 0.2) is 0 Å². The molecule has 1 aromatic carbocycles. The fourth-order valence-corrected chi connectivity index (χ4v) is 3.58. The van der Waals surface area contributed by atoms with Gasteiger partial charge in [-0.05, 0) is 18.6 Å². The van der Waals surface area contributed by atoms with Crippen molar-refractivity contribution in [1.82, 2.24) is 10.2 Å². The topological polar surface area (TPSA) is 121 Å². The average molecular weight is 328 g/mol. The van der Waals surface area contributed by atoms with Crippen LogP contribution in [0.2, 0.25) is 0 Å². The Morgan fingerprint density at radius 1 is 1.33 bits per heavy atom. The van der Waals surface area contributed by atoms with Crippen molar-refractivity contribution in [2.45, 2.75) is 18.2 Å². The Labute approximate surface area is 124 Å². The van der Waals surface area contributed by atoms with Crippen molar-refractivity contribution in [3.8, 4) is 5.75 Å². The van der Waals surface area contributed by atoms with Crippen molar-refractivity contribution in [2.75, 3.05) is 10.0 Å². The molecule has 0 bridgehead atoms. The molecule has 0 saturated heterocycles. The summed E-state index contributed by atoms with van der Waals surface area (Å²) >= 11 is 0.713. The first-order chi connectivity index (χ1) is 9.79. The maximum absolute atomic E-state index is 12.2. The maximum Gasteiger partial charge on any atom is 0.291 e. The van der Waals surface area contributed by atoms with Gasteiger partial charge in [-0.2, -0.15) is 8.42 Å². The zero-order chi connectivity index (χ0) is 15.6. The first-order valence-corrected chi connectivity index (χ1v) is 8.02. The fraction of sp³-hybridized carbons (Fsp3) is 0.182. The van der Waals surface area contributed by atoms with E-state index in [2.05, 4.69) is 20.2 Å². The maximum atomic E-state index is 12.2. The van der Waals surface area contributed by atoms with Gasteiger partial charge >= 0.3 is 0 Å². The Balaban J connectivity index is 2.30. The first kappa shape index (κ1) is 15.2. The van der Waals surface area contributed by atoms with Gasteiger partial charge in [-0.1, -0.05) is 23.5 Å². The Morgan fingerprint density at radius 3 is 2.67 bits per heavy atom. The van der Waals surface area contributed by atoms with Crippen molar-refractivity contribution >= 4 is 38.1 Å². The molecule has 0 aliphatic heterocycles. The minimum atomic E-state index is -3.99. The van der Waals surface area contributed by atoms with Gasteiger partial charge in [0.1, 0.15) is 5.75 Å². The molecule has 10 heteroatoms. The number of aromatic hydroxyl groups is 1. The number of hydrogen-bond donors (Lipinski definition) is 3. The second-order valence-corrected chi connectivity index (χ2v) is 6.96. The summed E-state index contributed by atoms with van der Waals surface area (Å²) in [4.78, 5) is 10.9. The molecule has 0 aliphatic carbocycles. The molecule has 1 amide bonds. The first-order valence-electron chi connectivity index (χ1n) is 5.72. The van der Waals surface area contributed by atoms with Crippen molar-refractivity contribution in [1.29, 1.82) is 0 Å². The van der Waals surface area contributed by atoms with Crippen LogP contribution in [0.25, 0.3) is 0 Å². The number of rotatable bonds is 4. The predicted octanol–water partition coefficient (Wildman–Crippen LogP) is 1.31. The second kappa shape index (κ2) is 5.66. The van der Waals surface area contributed by atoms with Crippen LogP contribution in [0.3, 0.4) is 0 Å². The summed E-state index contributed by atoms with van der Waals surface area (Å²) in [5.74, 6) is -0.565. The van der Waals surface area contributed by atoms with E-state index in [-0.39, 0.29) is 26.8 Å². The van der Waals surface area contributed by atoms with Gasteiger partial charge in [0.05, 0.1) is 5.69 Å². The predicted molar refractivity (Wildman–Crippen MR) is 77.9 cm³/mol. The smallest absolute Gasteiger partial charge is 0.291 e. The zero-order valence-electron chi connectivity index (χ0n) is 11.1. The van der Waals surface area contributed by atoms with Gasteiger partial charge in [-0.15, -0.1) is 10.2 Å². The number of benzene rings is 1. The molecule has 1 aromatic heterocycles. The number of carbonyl (C=O) groups is 1. The molecule has 1 heterocycles. The number of anilines is 2. The van der Waals surface area contributed by atoms with Crippen LogP contribution >= 0.6 is 11.3 Å². The van der Waals surface area contributed by atoms with Crippen LogP contribution in [0.15, 0.2) is 22.5 Å². The molecule has 21 heavy (non-hydrogen) atoms. The summed E-state index contributed by atoms with van der Waals surface area (Å²) in [5, 5.41) is 19.2. The minimum absolute atomic E-state index is 0.0776. The normalized spacial score (nSPS) is 11.1. The number of aryl methyl sites for hydroxylation is 1. The van der Waals surface area contributed by atoms with Gasteiger partial charge < -0.3 is 10.4 Å². The minimum Gasteiger partial charge on any atom is -0.506 e. The van der Waals surface area contributed by atoms with Crippen molar-refractivity contribution in [3.05, 3.63) is 23.8 Å². The summed E-state index contributed by atoms with van der Waals surface area (Å²) in [6.45, 7) is 2.93. The van der Waals surface area contributed by atoms with Crippen molar-refractivity contribution < 1.29 is 18.3 Å². The van der Waals surface area contributed by atoms with Gasteiger partial charge in [0.2, 0.25) is 11.0 Å². The molecule has 2 rings (SSSR count). The molecule has 8 nitrogen and oxygen atoms in total. The number of aromatic nitrogens is 2. The number of nitrogens with one attached hydrogen (secondary N) is 2. The van der Waals surface area contributed by atoms with Crippen LogP contribution < -0.4 is 10.0 Å². The van der Waals surface area contributed by atoms with E-state index in [0.717, 1.165) is 0 Å². The van der Waals surface area contributed by atoms with E-state index in [1.54, 1.807) is 19.1 Å². The Bertz CT molecular complexity index is 765. The number of sulfonamides is 1. The quantitative estimate of drug-likeness (QED) is 0.575. The molecule has 0 radical (unpaired) electrons. The molecule has 0 unspecified atom stereocenters. The molecule has 0 fully saturated rings. The van der Waals surface area contributed by atoms with Crippen molar-refractivity contribution in [2.24, 2.45) is 0 Å². The summed E-state index contributed by atoms with van der Waals surface area (Å²) in [6, 6.07) is 4.62. The Kier molecular flexibility index (Phi) is 4.09. The SMILES string of the molecule is CC(=O)Nc1nnc(S(=O)(=O)Nc2c(C)cccc2O)s1. The summed E-state index contributed by atoms with van der Waals surface area (Å²) in [7, 11) is -3.99. The van der Waals surface area contributed by atoms with Crippen LogP contribution in [-0.4, -0.2) is 29.6 Å². The fourth-order valence-electron chi connectivity index (χ4n) is 1.48. The number of amides is 1.